The van der Waals surface area contributed by atoms with E-state index in [1.54, 1.807) is 42.5 Å². The Labute approximate surface area is 144 Å². The number of hydrogen-bond donors (Lipinski definition) is 3. The van der Waals surface area contributed by atoms with E-state index in [-0.39, 0.29) is 30.7 Å². The van der Waals surface area contributed by atoms with E-state index in [1.807, 2.05) is 0 Å². The molecule has 0 radical (unpaired) electrons. The monoisotopic (exact) mass is 339 g/mol. The van der Waals surface area contributed by atoms with Crippen LogP contribution in [0.3, 0.4) is 0 Å². The number of nitrogens with one attached hydrogen (secondary N) is 3. The minimum atomic E-state index is -0.241. The molecule has 0 saturated carbocycles. The molecule has 7 nitrogen and oxygen atoms in total. The number of ketones is 1. The number of rotatable bonds is 5. The van der Waals surface area contributed by atoms with Crippen LogP contribution in [0.25, 0.3) is 0 Å². The van der Waals surface area contributed by atoms with Crippen LogP contribution in [-0.4, -0.2) is 30.7 Å². The van der Waals surface area contributed by atoms with Crippen molar-refractivity contribution >= 4 is 34.7 Å². The SMILES string of the molecule is CC(=O)Nc1ccc(NCC(=O)c2ccc3c(c2)NC(=O)CO3)cc1. The standard InChI is InChI=1S/C18H17N3O4/c1-11(22)20-14-5-3-13(4-6-14)19-9-16(23)12-2-7-17-15(8-12)21-18(24)10-25-17/h2-8,19H,9-10H2,1H3,(H,20,22)(H,21,24). The number of benzene rings is 2. The summed E-state index contributed by atoms with van der Waals surface area (Å²) in [7, 11) is 0. The van der Waals surface area contributed by atoms with Crippen molar-refractivity contribution in [2.45, 2.75) is 6.92 Å². The normalized spacial score (nSPS) is 12.4. The highest BCUT2D eigenvalue weighted by molar-refractivity contribution is 6.02. The summed E-state index contributed by atoms with van der Waals surface area (Å²) in [6.45, 7) is 1.53. The zero-order chi connectivity index (χ0) is 17.8. The van der Waals surface area contributed by atoms with Gasteiger partial charge in [-0.3, -0.25) is 14.4 Å². The summed E-state index contributed by atoms with van der Waals surface area (Å²) in [6.07, 6.45) is 0. The van der Waals surface area contributed by atoms with Crippen LogP contribution in [0, 0.1) is 0 Å². The summed E-state index contributed by atoms with van der Waals surface area (Å²) in [5.41, 5.74) is 2.43. The Kier molecular flexibility index (Phi) is 4.65. The van der Waals surface area contributed by atoms with E-state index < -0.39 is 0 Å². The van der Waals surface area contributed by atoms with Gasteiger partial charge >= 0.3 is 0 Å². The molecule has 1 aliphatic heterocycles. The van der Waals surface area contributed by atoms with Gasteiger partial charge in [-0.15, -0.1) is 0 Å². The van der Waals surface area contributed by atoms with Crippen molar-refractivity contribution in [3.63, 3.8) is 0 Å². The Morgan fingerprint density at radius 1 is 1.12 bits per heavy atom. The van der Waals surface area contributed by atoms with Crippen molar-refractivity contribution in [1.29, 1.82) is 0 Å². The minimum Gasteiger partial charge on any atom is -0.482 e. The van der Waals surface area contributed by atoms with Gasteiger partial charge < -0.3 is 20.7 Å². The van der Waals surface area contributed by atoms with Crippen LogP contribution >= 0.6 is 0 Å². The van der Waals surface area contributed by atoms with Gasteiger partial charge in [-0.1, -0.05) is 0 Å². The smallest absolute Gasteiger partial charge is 0.262 e. The maximum Gasteiger partial charge on any atom is 0.262 e. The lowest BCUT2D eigenvalue weighted by molar-refractivity contribution is -0.118. The second-order valence-corrected chi connectivity index (χ2v) is 5.58. The van der Waals surface area contributed by atoms with E-state index in [0.717, 1.165) is 5.69 Å². The van der Waals surface area contributed by atoms with Gasteiger partial charge in [-0.2, -0.15) is 0 Å². The molecule has 0 aliphatic carbocycles. The van der Waals surface area contributed by atoms with E-state index in [1.165, 1.54) is 6.92 Å². The predicted molar refractivity (Wildman–Crippen MR) is 94.1 cm³/mol. The Morgan fingerprint density at radius 2 is 1.84 bits per heavy atom. The molecule has 0 atom stereocenters. The number of carbonyl (C=O) groups excluding carboxylic acids is 3. The van der Waals surface area contributed by atoms with Crippen molar-refractivity contribution in [3.05, 3.63) is 48.0 Å². The first-order chi connectivity index (χ1) is 12.0. The predicted octanol–water partition coefficient (Wildman–Crippen LogP) is 2.27. The first-order valence-corrected chi connectivity index (χ1v) is 7.73. The Hall–Kier alpha value is -3.35. The van der Waals surface area contributed by atoms with Crippen LogP contribution in [0.1, 0.15) is 17.3 Å². The van der Waals surface area contributed by atoms with Crippen LogP contribution < -0.4 is 20.7 Å². The lowest BCUT2D eigenvalue weighted by Crippen LogP contribution is -2.25. The minimum absolute atomic E-state index is 0.0175. The molecule has 0 fully saturated rings. The second-order valence-electron chi connectivity index (χ2n) is 5.58. The largest absolute Gasteiger partial charge is 0.482 e. The lowest BCUT2D eigenvalue weighted by Gasteiger charge is -2.18. The average Bonchev–Trinajstić information content (AvgIpc) is 2.59. The highest BCUT2D eigenvalue weighted by atomic mass is 16.5. The maximum atomic E-state index is 12.3. The van der Waals surface area contributed by atoms with Crippen molar-refractivity contribution in [2.24, 2.45) is 0 Å². The fourth-order valence-corrected chi connectivity index (χ4v) is 2.42. The average molecular weight is 339 g/mol. The summed E-state index contributed by atoms with van der Waals surface area (Å²) >= 11 is 0. The zero-order valence-corrected chi connectivity index (χ0v) is 13.6. The third-order valence-corrected chi connectivity index (χ3v) is 3.59. The van der Waals surface area contributed by atoms with E-state index in [2.05, 4.69) is 16.0 Å². The van der Waals surface area contributed by atoms with E-state index in [9.17, 15) is 14.4 Å². The van der Waals surface area contributed by atoms with Gasteiger partial charge in [0, 0.05) is 23.9 Å². The van der Waals surface area contributed by atoms with Gasteiger partial charge in [-0.05, 0) is 42.5 Å². The van der Waals surface area contributed by atoms with Gasteiger partial charge in [0.15, 0.2) is 12.4 Å². The van der Waals surface area contributed by atoms with Gasteiger partial charge in [0.1, 0.15) is 5.75 Å². The molecule has 1 aliphatic rings. The second kappa shape index (κ2) is 7.04. The summed E-state index contributed by atoms with van der Waals surface area (Å²) in [5.74, 6) is 0.0556. The number of ether oxygens (including phenoxy) is 1. The number of hydrogen-bond acceptors (Lipinski definition) is 5. The molecular formula is C18H17N3O4. The summed E-state index contributed by atoms with van der Waals surface area (Å²) in [4.78, 5) is 34.7. The number of anilines is 3. The lowest BCUT2D eigenvalue weighted by atomic mass is 10.1. The van der Waals surface area contributed by atoms with E-state index in [4.69, 9.17) is 4.74 Å². The van der Waals surface area contributed by atoms with E-state index in [0.29, 0.717) is 22.7 Å². The third-order valence-electron chi connectivity index (χ3n) is 3.59. The van der Waals surface area contributed by atoms with Crippen LogP contribution in [0.2, 0.25) is 0 Å². The van der Waals surface area contributed by atoms with Gasteiger partial charge in [0.05, 0.1) is 12.2 Å². The van der Waals surface area contributed by atoms with Crippen LogP contribution in [0.4, 0.5) is 17.1 Å². The third kappa shape index (κ3) is 4.14. The topological polar surface area (TPSA) is 96.5 Å². The molecule has 25 heavy (non-hydrogen) atoms. The number of fused-ring (bicyclic) bond motifs is 1. The molecule has 0 bridgehead atoms. The highest BCUT2D eigenvalue weighted by Crippen LogP contribution is 2.28. The molecule has 2 aromatic rings. The number of amides is 2. The van der Waals surface area contributed by atoms with Crippen molar-refractivity contribution in [3.8, 4) is 5.75 Å². The zero-order valence-electron chi connectivity index (χ0n) is 13.6. The molecule has 3 N–H and O–H groups in total. The van der Waals surface area contributed by atoms with Crippen molar-refractivity contribution < 1.29 is 19.1 Å². The molecule has 1 heterocycles. The summed E-state index contributed by atoms with van der Waals surface area (Å²) < 4.78 is 5.27. The van der Waals surface area contributed by atoms with Gasteiger partial charge in [0.2, 0.25) is 5.91 Å². The highest BCUT2D eigenvalue weighted by Gasteiger charge is 2.17. The molecule has 0 spiro atoms. The molecule has 3 rings (SSSR count). The van der Waals surface area contributed by atoms with Gasteiger partial charge in [0.25, 0.3) is 5.91 Å². The molecule has 0 aromatic heterocycles. The molecule has 7 heteroatoms. The van der Waals surface area contributed by atoms with Gasteiger partial charge in [-0.25, -0.2) is 0 Å². The van der Waals surface area contributed by atoms with Crippen LogP contribution in [-0.2, 0) is 9.59 Å². The molecule has 2 amide bonds. The quantitative estimate of drug-likeness (QED) is 0.726. The van der Waals surface area contributed by atoms with Crippen LogP contribution in [0.5, 0.6) is 5.75 Å². The molecule has 128 valence electrons. The molecular weight excluding hydrogens is 322 g/mol. The fourth-order valence-electron chi connectivity index (χ4n) is 2.42. The molecule has 0 unspecified atom stereocenters. The first kappa shape index (κ1) is 16.5. The van der Waals surface area contributed by atoms with Crippen LogP contribution in [0.15, 0.2) is 42.5 Å². The number of Topliss-reactive ketones (excluding diaryl/α,β-unsaturated/α-hetero) is 1. The van der Waals surface area contributed by atoms with Crippen molar-refractivity contribution in [1.82, 2.24) is 0 Å². The van der Waals surface area contributed by atoms with Crippen molar-refractivity contribution in [2.75, 3.05) is 29.1 Å². The fraction of sp³-hybridized carbons (Fsp3) is 0.167. The molecule has 2 aromatic carbocycles. The summed E-state index contributed by atoms with van der Waals surface area (Å²) in [6, 6.07) is 12.0. The summed E-state index contributed by atoms with van der Waals surface area (Å²) in [5, 5.41) is 8.39. The molecule has 0 saturated heterocycles. The Bertz CT molecular complexity index is 831. The maximum absolute atomic E-state index is 12.3. The number of carbonyl (C=O) groups is 3. The Balaban J connectivity index is 1.62. The van der Waals surface area contributed by atoms with E-state index >= 15 is 0 Å². The Morgan fingerprint density at radius 3 is 2.56 bits per heavy atom. The first-order valence-electron chi connectivity index (χ1n) is 7.73.